The number of Topliss-reactive ketones (excluding diaryl/α,β-unsaturated/α-hetero) is 1. The number of nitrogens with one attached hydrogen (secondary N) is 3. The van der Waals surface area contributed by atoms with Gasteiger partial charge < -0.3 is 30.1 Å². The first-order valence-corrected chi connectivity index (χ1v) is 13.0. The molecule has 2 heterocycles. The number of alkyl halides is 3. The first-order chi connectivity index (χ1) is 19.5. The van der Waals surface area contributed by atoms with E-state index in [-0.39, 0.29) is 35.2 Å². The Morgan fingerprint density at radius 2 is 1.76 bits per heavy atom. The number of amidine groups is 1. The number of halogens is 3. The van der Waals surface area contributed by atoms with Gasteiger partial charge in [-0.05, 0) is 37.5 Å². The summed E-state index contributed by atoms with van der Waals surface area (Å²) in [6.07, 6.45) is -5.08. The third-order valence-corrected chi connectivity index (χ3v) is 6.08. The minimum absolute atomic E-state index is 0.00987. The highest BCUT2D eigenvalue weighted by molar-refractivity contribution is 6.06. The molecule has 0 saturated heterocycles. The number of fused-ring (bicyclic) bond motifs is 1. The molecule has 0 aliphatic carbocycles. The summed E-state index contributed by atoms with van der Waals surface area (Å²) >= 11 is 0. The summed E-state index contributed by atoms with van der Waals surface area (Å²) in [5.41, 5.74) is 3.27. The zero-order chi connectivity index (χ0) is 32.0. The third-order valence-electron chi connectivity index (χ3n) is 6.08. The quantitative estimate of drug-likeness (QED) is 0.312. The normalized spacial score (nSPS) is 12.6. The molecule has 1 aromatic heterocycles. The fourth-order valence-corrected chi connectivity index (χ4v) is 4.13. The number of carboxylic acid groups (broad SMARTS) is 1. The second-order valence-corrected chi connectivity index (χ2v) is 10.2. The third kappa shape index (κ3) is 7.89. The second kappa shape index (κ2) is 13.5. The van der Waals surface area contributed by atoms with Crippen LogP contribution < -0.4 is 20.1 Å². The molecule has 1 aliphatic rings. The van der Waals surface area contributed by atoms with Crippen molar-refractivity contribution < 1.29 is 42.1 Å². The van der Waals surface area contributed by atoms with Crippen molar-refractivity contribution in [1.82, 2.24) is 15.2 Å². The van der Waals surface area contributed by atoms with Crippen molar-refractivity contribution >= 4 is 29.2 Å². The number of ether oxygens (including phenoxy) is 2. The summed E-state index contributed by atoms with van der Waals surface area (Å²) < 4.78 is 43.0. The number of ketones is 1. The topological polar surface area (TPSA) is 154 Å². The van der Waals surface area contributed by atoms with E-state index in [4.69, 9.17) is 24.8 Å². The highest BCUT2D eigenvalue weighted by Crippen LogP contribution is 2.38. The standard InChI is InChI=1S/C26H35N5O4.C2HF3O2/c1-8-29-18-11-15(10-17(23(18)34-7)26(3,4)5)19(32)14-31-13-16-12-20(35-9-2)22(25(33)28-6)30-21(16)24(31)27;3-2(4,5)1(6)7/h10-12,27,29H,8-9,13-14H2,1-7H3,(H,28,33);(H,6,7). The summed E-state index contributed by atoms with van der Waals surface area (Å²) in [7, 11) is 3.15. The lowest BCUT2D eigenvalue weighted by Crippen LogP contribution is -2.31. The minimum Gasteiger partial charge on any atom is -0.494 e. The van der Waals surface area contributed by atoms with Gasteiger partial charge >= 0.3 is 12.1 Å². The van der Waals surface area contributed by atoms with Gasteiger partial charge in [0.05, 0.1) is 25.9 Å². The fraction of sp³-hybridized carbons (Fsp3) is 0.464. The summed E-state index contributed by atoms with van der Waals surface area (Å²) in [6.45, 7) is 11.5. The number of carbonyl (C=O) groups is 3. The Morgan fingerprint density at radius 3 is 2.24 bits per heavy atom. The van der Waals surface area contributed by atoms with Gasteiger partial charge in [-0.15, -0.1) is 0 Å². The summed E-state index contributed by atoms with van der Waals surface area (Å²) in [5, 5.41) is 21.6. The molecular formula is C28H36F3N5O6. The Balaban J connectivity index is 0.000000782. The lowest BCUT2D eigenvalue weighted by atomic mass is 9.84. The minimum atomic E-state index is -5.08. The molecule has 0 bridgehead atoms. The Labute approximate surface area is 241 Å². The van der Waals surface area contributed by atoms with E-state index in [1.54, 1.807) is 18.1 Å². The number of nitrogens with zero attached hydrogens (tertiary/aromatic N) is 2. The van der Waals surface area contributed by atoms with E-state index in [1.807, 2.05) is 26.0 Å². The van der Waals surface area contributed by atoms with Gasteiger partial charge in [-0.25, -0.2) is 9.78 Å². The van der Waals surface area contributed by atoms with Crippen molar-refractivity contribution in [3.05, 3.63) is 46.3 Å². The first kappa shape index (κ1) is 33.8. The van der Waals surface area contributed by atoms with Gasteiger partial charge in [0.25, 0.3) is 5.91 Å². The fourth-order valence-electron chi connectivity index (χ4n) is 4.13. The summed E-state index contributed by atoms with van der Waals surface area (Å²) in [6, 6.07) is 5.43. The Hall–Kier alpha value is -4.36. The van der Waals surface area contributed by atoms with Crippen molar-refractivity contribution in [3.63, 3.8) is 0 Å². The number of pyridine rings is 1. The van der Waals surface area contributed by atoms with Crippen LogP contribution in [0.1, 0.15) is 72.3 Å². The summed E-state index contributed by atoms with van der Waals surface area (Å²) in [4.78, 5) is 40.7. The van der Waals surface area contributed by atoms with Crippen LogP contribution in [-0.2, 0) is 16.8 Å². The zero-order valence-electron chi connectivity index (χ0n) is 24.6. The molecule has 0 saturated carbocycles. The number of aliphatic carboxylic acids is 1. The van der Waals surface area contributed by atoms with E-state index >= 15 is 0 Å². The molecule has 2 aromatic rings. The molecule has 11 nitrogen and oxygen atoms in total. The van der Waals surface area contributed by atoms with Crippen LogP contribution in [-0.4, -0.2) is 78.5 Å². The molecular weight excluding hydrogens is 559 g/mol. The molecule has 0 atom stereocenters. The van der Waals surface area contributed by atoms with Crippen LogP contribution in [0.3, 0.4) is 0 Å². The average molecular weight is 596 g/mol. The first-order valence-electron chi connectivity index (χ1n) is 13.0. The molecule has 0 radical (unpaired) electrons. The van der Waals surface area contributed by atoms with E-state index in [0.717, 1.165) is 22.6 Å². The number of methoxy groups -OCH3 is 1. The Kier molecular flexibility index (Phi) is 10.9. The molecule has 0 unspecified atom stereocenters. The highest BCUT2D eigenvalue weighted by Gasteiger charge is 2.38. The van der Waals surface area contributed by atoms with E-state index < -0.39 is 12.1 Å². The van der Waals surface area contributed by atoms with Crippen LogP contribution in [0.4, 0.5) is 18.9 Å². The lowest BCUT2D eigenvalue weighted by molar-refractivity contribution is -0.192. The van der Waals surface area contributed by atoms with Crippen LogP contribution in [0.25, 0.3) is 0 Å². The lowest BCUT2D eigenvalue weighted by Gasteiger charge is -2.25. The van der Waals surface area contributed by atoms with Crippen molar-refractivity contribution in [3.8, 4) is 11.5 Å². The number of aromatic nitrogens is 1. The van der Waals surface area contributed by atoms with Crippen molar-refractivity contribution in [2.75, 3.05) is 39.2 Å². The predicted octanol–water partition coefficient (Wildman–Crippen LogP) is 4.23. The number of hydrogen-bond acceptors (Lipinski definition) is 8. The van der Waals surface area contributed by atoms with E-state index in [9.17, 15) is 22.8 Å². The molecule has 230 valence electrons. The highest BCUT2D eigenvalue weighted by atomic mass is 19.4. The average Bonchev–Trinajstić information content (AvgIpc) is 3.20. The van der Waals surface area contributed by atoms with Crippen molar-refractivity contribution in [2.24, 2.45) is 0 Å². The van der Waals surface area contributed by atoms with Crippen LogP contribution >= 0.6 is 0 Å². The number of carbonyl (C=O) groups excluding carboxylic acids is 2. The Morgan fingerprint density at radius 1 is 1.14 bits per heavy atom. The van der Waals surface area contributed by atoms with E-state index in [0.29, 0.717) is 36.7 Å². The molecule has 14 heteroatoms. The smallest absolute Gasteiger partial charge is 0.490 e. The number of anilines is 1. The van der Waals surface area contributed by atoms with Gasteiger partial charge in [0.2, 0.25) is 0 Å². The van der Waals surface area contributed by atoms with Gasteiger partial charge in [0.15, 0.2) is 17.2 Å². The molecule has 1 amide bonds. The predicted molar refractivity (Wildman–Crippen MR) is 150 cm³/mol. The number of rotatable bonds is 9. The van der Waals surface area contributed by atoms with Gasteiger partial charge in [-0.1, -0.05) is 20.8 Å². The van der Waals surface area contributed by atoms with Crippen LogP contribution in [0.5, 0.6) is 11.5 Å². The van der Waals surface area contributed by atoms with Crippen LogP contribution in [0.2, 0.25) is 0 Å². The van der Waals surface area contributed by atoms with E-state index in [2.05, 4.69) is 36.4 Å². The van der Waals surface area contributed by atoms with E-state index in [1.165, 1.54) is 7.05 Å². The number of hydrogen-bond donors (Lipinski definition) is 4. The molecule has 4 N–H and O–H groups in total. The Bertz CT molecular complexity index is 1360. The molecule has 0 spiro atoms. The molecule has 0 fully saturated rings. The van der Waals surface area contributed by atoms with Crippen molar-refractivity contribution in [2.45, 2.75) is 52.8 Å². The molecule has 3 rings (SSSR count). The number of amides is 1. The second-order valence-electron chi connectivity index (χ2n) is 10.2. The van der Waals surface area contributed by atoms with Gasteiger partial charge in [-0.2, -0.15) is 13.2 Å². The van der Waals surface area contributed by atoms with Gasteiger partial charge in [0, 0.05) is 36.8 Å². The SMILES string of the molecule is CCNc1cc(C(=O)CN2Cc3cc(OCC)c(C(=O)NC)nc3C2=N)cc(C(C)(C)C)c1OC.O=C(O)C(F)(F)F. The maximum Gasteiger partial charge on any atom is 0.490 e. The van der Waals surface area contributed by atoms with Crippen molar-refractivity contribution in [1.29, 1.82) is 5.41 Å². The number of benzene rings is 1. The van der Waals surface area contributed by atoms with Crippen LogP contribution in [0.15, 0.2) is 18.2 Å². The zero-order valence-corrected chi connectivity index (χ0v) is 24.6. The van der Waals surface area contributed by atoms with Crippen LogP contribution in [0, 0.1) is 5.41 Å². The monoisotopic (exact) mass is 595 g/mol. The van der Waals surface area contributed by atoms with Gasteiger partial charge in [-0.3, -0.25) is 15.0 Å². The maximum atomic E-state index is 13.4. The molecule has 42 heavy (non-hydrogen) atoms. The molecule has 1 aliphatic heterocycles. The number of carboxylic acids is 1. The molecule has 1 aromatic carbocycles. The van der Waals surface area contributed by atoms with Gasteiger partial charge in [0.1, 0.15) is 17.3 Å². The largest absolute Gasteiger partial charge is 0.494 e. The maximum absolute atomic E-state index is 13.4. The summed E-state index contributed by atoms with van der Waals surface area (Å²) in [5.74, 6) is -2.06.